The Morgan fingerprint density at radius 1 is 1.40 bits per heavy atom. The number of halogens is 2. The Morgan fingerprint density at radius 2 is 2.25 bits per heavy atom. The van der Waals surface area contributed by atoms with Crippen LogP contribution >= 0.6 is 22.9 Å². The summed E-state index contributed by atoms with van der Waals surface area (Å²) in [6.45, 7) is 2.69. The molecule has 0 fully saturated rings. The van der Waals surface area contributed by atoms with E-state index in [4.69, 9.17) is 11.6 Å². The van der Waals surface area contributed by atoms with Crippen molar-refractivity contribution in [3.8, 4) is 0 Å². The molecule has 0 aliphatic carbocycles. The third-order valence-electron chi connectivity index (χ3n) is 3.26. The molecule has 0 saturated heterocycles. The summed E-state index contributed by atoms with van der Waals surface area (Å²) >= 11 is 7.95. The van der Waals surface area contributed by atoms with Crippen molar-refractivity contribution in [3.05, 3.63) is 52.2 Å². The van der Waals surface area contributed by atoms with E-state index in [-0.39, 0.29) is 11.2 Å². The lowest BCUT2D eigenvalue weighted by molar-refractivity contribution is 0.629. The fraction of sp³-hybridized carbons (Fsp3) is 0.267. The summed E-state index contributed by atoms with van der Waals surface area (Å²) in [4.78, 5) is 5.79. The molecule has 0 bridgehead atoms. The molecule has 104 valence electrons. The first-order valence-corrected chi connectivity index (χ1v) is 7.79. The van der Waals surface area contributed by atoms with Crippen LogP contribution in [0.5, 0.6) is 0 Å². The van der Waals surface area contributed by atoms with Gasteiger partial charge in [0.2, 0.25) is 0 Å². The second kappa shape index (κ2) is 5.54. The molecular weight excluding hydrogens is 295 g/mol. The summed E-state index contributed by atoms with van der Waals surface area (Å²) in [5.74, 6) is 0.526. The van der Waals surface area contributed by atoms with E-state index < -0.39 is 0 Å². The highest BCUT2D eigenvalue weighted by Gasteiger charge is 2.15. The van der Waals surface area contributed by atoms with Crippen molar-refractivity contribution in [3.63, 3.8) is 0 Å². The lowest BCUT2D eigenvalue weighted by Crippen LogP contribution is -2.06. The van der Waals surface area contributed by atoms with Gasteiger partial charge in [0.05, 0.1) is 16.4 Å². The first-order valence-electron chi connectivity index (χ1n) is 6.47. The van der Waals surface area contributed by atoms with Crippen LogP contribution in [0, 0.1) is 5.82 Å². The van der Waals surface area contributed by atoms with Crippen LogP contribution in [0.2, 0.25) is 0 Å². The monoisotopic (exact) mass is 308 g/mol. The van der Waals surface area contributed by atoms with Gasteiger partial charge in [-0.1, -0.05) is 6.07 Å². The van der Waals surface area contributed by atoms with Crippen molar-refractivity contribution in [1.82, 2.24) is 9.55 Å². The zero-order valence-electron chi connectivity index (χ0n) is 11.0. The minimum atomic E-state index is -0.269. The summed E-state index contributed by atoms with van der Waals surface area (Å²) in [5, 5.41) is 1.87. The Labute approximate surface area is 125 Å². The highest BCUT2D eigenvalue weighted by molar-refractivity contribution is 7.09. The highest BCUT2D eigenvalue weighted by Crippen LogP contribution is 2.25. The van der Waals surface area contributed by atoms with Gasteiger partial charge in [-0.25, -0.2) is 9.37 Å². The van der Waals surface area contributed by atoms with Crippen LogP contribution in [0.15, 0.2) is 35.7 Å². The Kier molecular flexibility index (Phi) is 3.76. The fourth-order valence-electron chi connectivity index (χ4n) is 2.34. The quantitative estimate of drug-likeness (QED) is 0.634. The molecule has 20 heavy (non-hydrogen) atoms. The molecule has 0 spiro atoms. The van der Waals surface area contributed by atoms with Gasteiger partial charge in [-0.2, -0.15) is 0 Å². The van der Waals surface area contributed by atoms with E-state index in [1.165, 1.54) is 17.0 Å². The second-order valence-corrected chi connectivity index (χ2v) is 6.39. The standard InChI is InChI=1S/C15H14ClFN2S/c1-10(16)15-18-13-9-11(17)4-5-14(13)19(15)7-6-12-3-2-8-20-12/h2-5,8-10H,6-7H2,1H3. The van der Waals surface area contributed by atoms with Crippen LogP contribution in [0.4, 0.5) is 4.39 Å². The number of aromatic nitrogens is 2. The van der Waals surface area contributed by atoms with Crippen molar-refractivity contribution in [2.75, 3.05) is 0 Å². The van der Waals surface area contributed by atoms with E-state index in [9.17, 15) is 4.39 Å². The maximum atomic E-state index is 13.3. The van der Waals surface area contributed by atoms with Gasteiger partial charge in [-0.3, -0.25) is 0 Å². The number of aryl methyl sites for hydroxylation is 2. The van der Waals surface area contributed by atoms with Gasteiger partial charge in [-0.15, -0.1) is 22.9 Å². The summed E-state index contributed by atoms with van der Waals surface area (Å²) in [6, 6.07) is 8.86. The molecule has 2 nitrogen and oxygen atoms in total. The molecule has 0 aliphatic heterocycles. The molecule has 3 aromatic rings. The largest absolute Gasteiger partial charge is 0.326 e. The summed E-state index contributed by atoms with van der Waals surface area (Å²) < 4.78 is 15.4. The molecule has 1 atom stereocenters. The molecule has 0 N–H and O–H groups in total. The second-order valence-electron chi connectivity index (χ2n) is 4.70. The average Bonchev–Trinajstić information content (AvgIpc) is 3.02. The molecule has 1 aromatic carbocycles. The van der Waals surface area contributed by atoms with Crippen molar-refractivity contribution in [2.24, 2.45) is 0 Å². The topological polar surface area (TPSA) is 17.8 Å². The maximum Gasteiger partial charge on any atom is 0.127 e. The van der Waals surface area contributed by atoms with Gasteiger partial charge in [-0.05, 0) is 36.9 Å². The number of hydrogen-bond donors (Lipinski definition) is 0. The van der Waals surface area contributed by atoms with Crippen molar-refractivity contribution < 1.29 is 4.39 Å². The Bertz CT molecular complexity index is 719. The van der Waals surface area contributed by atoms with E-state index >= 15 is 0 Å². The molecule has 3 rings (SSSR count). The zero-order valence-corrected chi connectivity index (χ0v) is 12.6. The van der Waals surface area contributed by atoms with E-state index in [0.717, 1.165) is 24.3 Å². The molecule has 5 heteroatoms. The first kappa shape index (κ1) is 13.6. The third kappa shape index (κ3) is 2.58. The SMILES string of the molecule is CC(Cl)c1nc2cc(F)ccc2n1CCc1cccs1. The fourth-order valence-corrected chi connectivity index (χ4v) is 3.20. The molecule has 2 heterocycles. The number of benzene rings is 1. The van der Waals surface area contributed by atoms with Crippen LogP contribution in [-0.4, -0.2) is 9.55 Å². The van der Waals surface area contributed by atoms with Crippen LogP contribution < -0.4 is 0 Å². The normalized spacial score (nSPS) is 12.9. The Balaban J connectivity index is 2.00. The Morgan fingerprint density at radius 3 is 2.95 bits per heavy atom. The van der Waals surface area contributed by atoms with Gasteiger partial charge >= 0.3 is 0 Å². The van der Waals surface area contributed by atoms with Gasteiger partial charge in [0.25, 0.3) is 0 Å². The van der Waals surface area contributed by atoms with E-state index in [2.05, 4.69) is 21.0 Å². The molecule has 2 aromatic heterocycles. The number of hydrogen-bond acceptors (Lipinski definition) is 2. The number of fused-ring (bicyclic) bond motifs is 1. The van der Waals surface area contributed by atoms with Crippen molar-refractivity contribution in [1.29, 1.82) is 0 Å². The molecule has 1 unspecified atom stereocenters. The minimum Gasteiger partial charge on any atom is -0.326 e. The van der Waals surface area contributed by atoms with E-state index in [1.54, 1.807) is 17.4 Å². The summed E-state index contributed by atoms with van der Waals surface area (Å²) in [6.07, 6.45) is 0.928. The van der Waals surface area contributed by atoms with Crippen LogP contribution in [0.3, 0.4) is 0 Å². The first-order chi connectivity index (χ1) is 9.65. The van der Waals surface area contributed by atoms with Crippen LogP contribution in [-0.2, 0) is 13.0 Å². The van der Waals surface area contributed by atoms with E-state index in [1.807, 2.05) is 13.0 Å². The molecular formula is C15H14ClFN2S. The molecule has 0 radical (unpaired) electrons. The third-order valence-corrected chi connectivity index (χ3v) is 4.39. The maximum absolute atomic E-state index is 13.3. The van der Waals surface area contributed by atoms with Gasteiger partial charge in [0.15, 0.2) is 0 Å². The van der Waals surface area contributed by atoms with Gasteiger partial charge in [0, 0.05) is 17.5 Å². The lowest BCUT2D eigenvalue weighted by Gasteiger charge is -2.09. The Hall–Kier alpha value is -1.39. The smallest absolute Gasteiger partial charge is 0.127 e. The summed E-state index contributed by atoms with van der Waals surface area (Å²) in [5.41, 5.74) is 1.60. The van der Waals surface area contributed by atoms with Crippen molar-refractivity contribution >= 4 is 34.0 Å². The van der Waals surface area contributed by atoms with Gasteiger partial charge < -0.3 is 4.57 Å². The predicted octanol–water partition coefficient (Wildman–Crippen LogP) is 4.78. The predicted molar refractivity (Wildman–Crippen MR) is 82.0 cm³/mol. The highest BCUT2D eigenvalue weighted by atomic mass is 35.5. The molecule has 0 amide bonds. The average molecular weight is 309 g/mol. The number of rotatable bonds is 4. The van der Waals surface area contributed by atoms with Crippen LogP contribution in [0.1, 0.15) is 23.0 Å². The van der Waals surface area contributed by atoms with Crippen LogP contribution in [0.25, 0.3) is 11.0 Å². The minimum absolute atomic E-state index is 0.200. The molecule has 0 aliphatic rings. The van der Waals surface area contributed by atoms with Crippen molar-refractivity contribution in [2.45, 2.75) is 25.3 Å². The lowest BCUT2D eigenvalue weighted by atomic mass is 10.3. The zero-order chi connectivity index (χ0) is 14.1. The molecule has 0 saturated carbocycles. The number of alkyl halides is 1. The number of nitrogens with zero attached hydrogens (tertiary/aromatic N) is 2. The summed E-state index contributed by atoms with van der Waals surface area (Å²) in [7, 11) is 0. The van der Waals surface area contributed by atoms with Gasteiger partial charge in [0.1, 0.15) is 11.6 Å². The number of imidazole rings is 1. The number of thiophene rings is 1. The van der Waals surface area contributed by atoms with E-state index in [0.29, 0.717) is 5.52 Å².